The smallest absolute Gasteiger partial charge is 0.234 e. The lowest BCUT2D eigenvalue weighted by Gasteiger charge is -2.29. The fourth-order valence-corrected chi connectivity index (χ4v) is 4.48. The number of nitrogens with zero attached hydrogens (tertiary/aromatic N) is 3. The molecule has 4 rings (SSSR count). The zero-order chi connectivity index (χ0) is 22.2. The summed E-state index contributed by atoms with van der Waals surface area (Å²) in [6.07, 6.45) is 9.77. The SMILES string of the molecule is CCCCc1nnc(OCC2CN(C)CCO2)cc1-c1ccc(OC2CCCCC2)cc1. The minimum Gasteiger partial charge on any atom is -0.490 e. The summed E-state index contributed by atoms with van der Waals surface area (Å²) in [4.78, 5) is 2.26. The van der Waals surface area contributed by atoms with Gasteiger partial charge in [0.15, 0.2) is 0 Å². The molecule has 0 bridgehead atoms. The minimum absolute atomic E-state index is 0.0648. The second-order valence-corrected chi connectivity index (χ2v) is 9.11. The molecule has 1 atom stereocenters. The molecule has 2 fully saturated rings. The molecular formula is C26H37N3O3. The first-order valence-corrected chi connectivity index (χ1v) is 12.3. The van der Waals surface area contributed by atoms with Crippen molar-refractivity contribution in [3.8, 4) is 22.8 Å². The molecule has 1 saturated heterocycles. The van der Waals surface area contributed by atoms with Gasteiger partial charge in [-0.25, -0.2) is 0 Å². The Balaban J connectivity index is 1.46. The molecule has 32 heavy (non-hydrogen) atoms. The van der Waals surface area contributed by atoms with Crippen LogP contribution in [0.2, 0.25) is 0 Å². The average molecular weight is 440 g/mol. The monoisotopic (exact) mass is 439 g/mol. The zero-order valence-electron chi connectivity index (χ0n) is 19.6. The van der Waals surface area contributed by atoms with Crippen LogP contribution < -0.4 is 9.47 Å². The number of benzene rings is 1. The van der Waals surface area contributed by atoms with Crippen LogP contribution in [0, 0.1) is 0 Å². The standard InChI is InChI=1S/C26H37N3O3/c1-3-4-10-25-24(17-26(28-27-25)31-19-23-18-29(2)15-16-30-23)20-11-13-22(14-12-20)32-21-8-6-5-7-9-21/h11-14,17,21,23H,3-10,15-16,18-19H2,1-2H3. The summed E-state index contributed by atoms with van der Waals surface area (Å²) in [6.45, 7) is 5.27. The molecule has 1 saturated carbocycles. The van der Waals surface area contributed by atoms with Gasteiger partial charge in [-0.1, -0.05) is 31.9 Å². The first-order valence-electron chi connectivity index (χ1n) is 12.3. The summed E-state index contributed by atoms with van der Waals surface area (Å²) in [7, 11) is 2.11. The Labute approximate surface area is 192 Å². The van der Waals surface area contributed by atoms with Crippen LogP contribution in [-0.4, -0.2) is 60.7 Å². The van der Waals surface area contributed by atoms with E-state index in [2.05, 4.69) is 53.3 Å². The predicted molar refractivity (Wildman–Crippen MR) is 126 cm³/mol. The van der Waals surface area contributed by atoms with Gasteiger partial charge in [0.25, 0.3) is 0 Å². The van der Waals surface area contributed by atoms with Crippen molar-refractivity contribution >= 4 is 0 Å². The summed E-state index contributed by atoms with van der Waals surface area (Å²) < 4.78 is 18.0. The molecule has 1 aliphatic heterocycles. The van der Waals surface area contributed by atoms with Crippen LogP contribution in [0.15, 0.2) is 30.3 Å². The number of aryl methyl sites for hydroxylation is 1. The van der Waals surface area contributed by atoms with E-state index >= 15 is 0 Å². The first-order chi connectivity index (χ1) is 15.7. The lowest BCUT2D eigenvalue weighted by Crippen LogP contribution is -2.42. The molecule has 6 heteroatoms. The number of unbranched alkanes of at least 4 members (excludes halogenated alkanes) is 1. The van der Waals surface area contributed by atoms with E-state index in [0.29, 0.717) is 18.6 Å². The van der Waals surface area contributed by atoms with Crippen LogP contribution in [0.4, 0.5) is 0 Å². The maximum absolute atomic E-state index is 6.21. The van der Waals surface area contributed by atoms with Crippen LogP contribution in [0.1, 0.15) is 57.6 Å². The fraction of sp³-hybridized carbons (Fsp3) is 0.615. The summed E-state index contributed by atoms with van der Waals surface area (Å²) in [5.41, 5.74) is 3.24. The topological polar surface area (TPSA) is 56.7 Å². The lowest BCUT2D eigenvalue weighted by atomic mass is 9.97. The van der Waals surface area contributed by atoms with E-state index in [-0.39, 0.29) is 6.10 Å². The Morgan fingerprint density at radius 1 is 1.09 bits per heavy atom. The molecule has 0 amide bonds. The van der Waals surface area contributed by atoms with Gasteiger partial charge in [0.05, 0.1) is 18.4 Å². The molecule has 2 aromatic rings. The molecular weight excluding hydrogens is 402 g/mol. The van der Waals surface area contributed by atoms with Gasteiger partial charge in [-0.3, -0.25) is 0 Å². The summed E-state index contributed by atoms with van der Waals surface area (Å²) >= 11 is 0. The number of likely N-dealkylation sites (N-methyl/N-ethyl adjacent to an activating group) is 1. The van der Waals surface area contributed by atoms with Gasteiger partial charge in [-0.15, -0.1) is 5.10 Å². The zero-order valence-corrected chi connectivity index (χ0v) is 19.6. The van der Waals surface area contributed by atoms with Gasteiger partial charge >= 0.3 is 0 Å². The van der Waals surface area contributed by atoms with Crippen molar-refractivity contribution in [2.75, 3.05) is 33.4 Å². The molecule has 6 nitrogen and oxygen atoms in total. The van der Waals surface area contributed by atoms with Crippen molar-refractivity contribution in [2.24, 2.45) is 0 Å². The highest BCUT2D eigenvalue weighted by Gasteiger charge is 2.19. The second kappa shape index (κ2) is 11.6. The molecule has 1 aromatic heterocycles. The fourth-order valence-electron chi connectivity index (χ4n) is 4.48. The maximum atomic E-state index is 6.21. The Kier molecular flexibility index (Phi) is 8.35. The van der Waals surface area contributed by atoms with Crippen molar-refractivity contribution in [3.05, 3.63) is 36.0 Å². The van der Waals surface area contributed by atoms with Crippen LogP contribution in [0.25, 0.3) is 11.1 Å². The number of rotatable bonds is 9. The Morgan fingerprint density at radius 2 is 1.91 bits per heavy atom. The van der Waals surface area contributed by atoms with Crippen molar-refractivity contribution in [1.29, 1.82) is 0 Å². The largest absolute Gasteiger partial charge is 0.490 e. The summed E-state index contributed by atoms with van der Waals surface area (Å²) in [5.74, 6) is 1.51. The maximum Gasteiger partial charge on any atom is 0.234 e. The molecule has 1 aromatic carbocycles. The van der Waals surface area contributed by atoms with E-state index in [1.54, 1.807) is 0 Å². The van der Waals surface area contributed by atoms with Gasteiger partial charge in [0.1, 0.15) is 18.5 Å². The summed E-state index contributed by atoms with van der Waals surface area (Å²) in [6, 6.07) is 10.5. The Hall–Kier alpha value is -2.18. The Bertz CT molecular complexity index is 837. The highest BCUT2D eigenvalue weighted by molar-refractivity contribution is 5.67. The molecule has 0 N–H and O–H groups in total. The van der Waals surface area contributed by atoms with Gasteiger partial charge in [-0.2, -0.15) is 5.10 Å². The number of ether oxygens (including phenoxy) is 3. The number of hydrogen-bond acceptors (Lipinski definition) is 6. The molecule has 1 aliphatic carbocycles. The quantitative estimate of drug-likeness (QED) is 0.553. The van der Waals surface area contributed by atoms with Crippen molar-refractivity contribution in [1.82, 2.24) is 15.1 Å². The van der Waals surface area contributed by atoms with E-state index in [4.69, 9.17) is 14.2 Å². The third-order valence-electron chi connectivity index (χ3n) is 6.39. The van der Waals surface area contributed by atoms with Crippen LogP contribution in [0.5, 0.6) is 11.6 Å². The van der Waals surface area contributed by atoms with E-state index in [1.807, 2.05) is 6.07 Å². The van der Waals surface area contributed by atoms with Crippen molar-refractivity contribution in [2.45, 2.75) is 70.5 Å². The molecule has 0 spiro atoms. The highest BCUT2D eigenvalue weighted by Crippen LogP contribution is 2.30. The van der Waals surface area contributed by atoms with Gasteiger partial charge in [0, 0.05) is 24.7 Å². The van der Waals surface area contributed by atoms with Crippen LogP contribution in [-0.2, 0) is 11.2 Å². The third kappa shape index (κ3) is 6.42. The van der Waals surface area contributed by atoms with Crippen molar-refractivity contribution < 1.29 is 14.2 Å². The van der Waals surface area contributed by atoms with Gasteiger partial charge in [-0.05, 0) is 63.3 Å². The van der Waals surface area contributed by atoms with E-state index in [1.165, 1.54) is 32.1 Å². The van der Waals surface area contributed by atoms with Crippen LogP contribution >= 0.6 is 0 Å². The summed E-state index contributed by atoms with van der Waals surface area (Å²) in [5, 5.41) is 8.88. The van der Waals surface area contributed by atoms with E-state index < -0.39 is 0 Å². The molecule has 2 aliphatic rings. The van der Waals surface area contributed by atoms with Crippen molar-refractivity contribution in [3.63, 3.8) is 0 Å². The molecule has 1 unspecified atom stereocenters. The van der Waals surface area contributed by atoms with E-state index in [0.717, 1.165) is 61.5 Å². The molecule has 174 valence electrons. The number of aromatic nitrogens is 2. The molecule has 0 radical (unpaired) electrons. The second-order valence-electron chi connectivity index (χ2n) is 9.11. The predicted octanol–water partition coefficient (Wildman–Crippen LogP) is 4.91. The van der Waals surface area contributed by atoms with Gasteiger partial charge < -0.3 is 19.1 Å². The minimum atomic E-state index is 0.0648. The average Bonchev–Trinajstić information content (AvgIpc) is 2.83. The van der Waals surface area contributed by atoms with E-state index in [9.17, 15) is 0 Å². The molecule has 2 heterocycles. The Morgan fingerprint density at radius 3 is 2.66 bits per heavy atom. The highest BCUT2D eigenvalue weighted by atomic mass is 16.5. The first kappa shape index (κ1) is 23.0. The third-order valence-corrected chi connectivity index (χ3v) is 6.39. The number of morpholine rings is 1. The van der Waals surface area contributed by atoms with Crippen LogP contribution in [0.3, 0.4) is 0 Å². The lowest BCUT2D eigenvalue weighted by molar-refractivity contribution is -0.0411. The van der Waals surface area contributed by atoms with Gasteiger partial charge in [0.2, 0.25) is 5.88 Å². The normalized spacial score (nSPS) is 20.2. The number of hydrogen-bond donors (Lipinski definition) is 0.